The molecule has 0 heterocycles. The van der Waals surface area contributed by atoms with E-state index >= 15 is 0 Å². The molecular formula is C7H9ClO. The third-order valence-corrected chi connectivity index (χ3v) is 1.40. The van der Waals surface area contributed by atoms with Gasteiger partial charge in [-0.1, -0.05) is 23.8 Å². The first-order chi connectivity index (χ1) is 4.09. The lowest BCUT2D eigenvalue weighted by Crippen LogP contribution is -1.92. The normalized spacial score (nSPS) is 8.33. The molecule has 0 N–H and O–H groups in total. The largest absolute Gasteiger partial charge is 0.288 e. The zero-order valence-corrected chi connectivity index (χ0v) is 6.33. The highest BCUT2D eigenvalue weighted by Crippen LogP contribution is 2.09. The third-order valence-electron chi connectivity index (χ3n) is 0.841. The Bertz CT molecular complexity index is 164. The molecule has 0 aliphatic carbocycles. The van der Waals surface area contributed by atoms with Gasteiger partial charge in [-0.3, -0.25) is 4.79 Å². The second kappa shape index (κ2) is 3.46. The van der Waals surface area contributed by atoms with Crippen LogP contribution in [0.3, 0.4) is 0 Å². The summed E-state index contributed by atoms with van der Waals surface area (Å²) in [7, 11) is 0. The Morgan fingerprint density at radius 3 is 2.11 bits per heavy atom. The van der Waals surface area contributed by atoms with Crippen molar-refractivity contribution in [3.05, 3.63) is 23.3 Å². The lowest BCUT2D eigenvalue weighted by molar-refractivity contribution is -0.110. The van der Waals surface area contributed by atoms with Gasteiger partial charge in [0.15, 0.2) is 5.78 Å². The van der Waals surface area contributed by atoms with E-state index in [9.17, 15) is 4.79 Å². The molecule has 0 atom stereocenters. The Hall–Kier alpha value is -0.560. The van der Waals surface area contributed by atoms with Crippen LogP contribution in [0.1, 0.15) is 13.8 Å². The highest BCUT2D eigenvalue weighted by atomic mass is 35.5. The number of hydrogen-bond donors (Lipinski definition) is 0. The molecule has 0 aliphatic heterocycles. The number of ketones is 1. The topological polar surface area (TPSA) is 17.1 Å². The molecule has 0 radical (unpaired) electrons. The van der Waals surface area contributed by atoms with E-state index in [2.05, 4.69) is 6.58 Å². The van der Waals surface area contributed by atoms with Gasteiger partial charge in [0.25, 0.3) is 0 Å². The molecule has 0 saturated carbocycles. The molecule has 0 amide bonds. The van der Waals surface area contributed by atoms with E-state index in [1.165, 1.54) is 6.08 Å². The summed E-state index contributed by atoms with van der Waals surface area (Å²) < 4.78 is 0. The van der Waals surface area contributed by atoms with Crippen LogP contribution in [-0.2, 0) is 4.79 Å². The molecule has 0 saturated heterocycles. The monoisotopic (exact) mass is 144 g/mol. The number of halogens is 1. The van der Waals surface area contributed by atoms with Crippen LogP contribution in [0.25, 0.3) is 0 Å². The maximum absolute atomic E-state index is 10.6. The number of hydrogen-bond acceptors (Lipinski definition) is 1. The van der Waals surface area contributed by atoms with Crippen molar-refractivity contribution in [2.75, 3.05) is 0 Å². The predicted molar refractivity (Wildman–Crippen MR) is 39.4 cm³/mol. The van der Waals surface area contributed by atoms with Gasteiger partial charge in [-0.2, -0.15) is 0 Å². The molecule has 2 heteroatoms. The zero-order valence-electron chi connectivity index (χ0n) is 5.57. The van der Waals surface area contributed by atoms with E-state index in [-0.39, 0.29) is 10.8 Å². The minimum atomic E-state index is -0.211. The van der Waals surface area contributed by atoms with Gasteiger partial charge in [-0.15, -0.1) is 0 Å². The van der Waals surface area contributed by atoms with Crippen molar-refractivity contribution < 1.29 is 4.79 Å². The predicted octanol–water partition coefficient (Wildman–Crippen LogP) is 2.27. The average Bonchev–Trinajstić information content (AvgIpc) is 1.84. The van der Waals surface area contributed by atoms with E-state index in [1.807, 2.05) is 0 Å². The number of rotatable bonds is 2. The van der Waals surface area contributed by atoms with Crippen LogP contribution in [-0.4, -0.2) is 5.78 Å². The fourth-order valence-electron chi connectivity index (χ4n) is 0.336. The summed E-state index contributed by atoms with van der Waals surface area (Å²) in [5, 5.41) is 0.269. The van der Waals surface area contributed by atoms with Crippen molar-refractivity contribution in [3.8, 4) is 0 Å². The molecule has 50 valence electrons. The lowest BCUT2D eigenvalue weighted by Gasteiger charge is -1.92. The van der Waals surface area contributed by atoms with E-state index in [0.29, 0.717) is 0 Å². The highest BCUT2D eigenvalue weighted by molar-refractivity contribution is 6.44. The summed E-state index contributed by atoms with van der Waals surface area (Å²) in [6.45, 7) is 6.86. The molecule has 0 aromatic heterocycles. The van der Waals surface area contributed by atoms with Crippen molar-refractivity contribution in [1.82, 2.24) is 0 Å². The lowest BCUT2D eigenvalue weighted by atomic mass is 10.2. The standard InChI is InChI=1S/C7H9ClO/c1-4-6(9)7(8)5(2)3/h4H,1H2,2-3H3. The van der Waals surface area contributed by atoms with Crippen molar-refractivity contribution in [3.63, 3.8) is 0 Å². The summed E-state index contributed by atoms with van der Waals surface area (Å²) in [5.41, 5.74) is 0.821. The van der Waals surface area contributed by atoms with Crippen LogP contribution < -0.4 is 0 Å². The molecule has 0 spiro atoms. The van der Waals surface area contributed by atoms with Gasteiger partial charge in [0, 0.05) is 0 Å². The summed E-state index contributed by atoms with van der Waals surface area (Å²) in [6.07, 6.45) is 1.20. The van der Waals surface area contributed by atoms with Crippen molar-refractivity contribution in [2.24, 2.45) is 0 Å². The summed E-state index contributed by atoms with van der Waals surface area (Å²) in [4.78, 5) is 10.6. The SMILES string of the molecule is C=CC(=O)C(Cl)=C(C)C. The average molecular weight is 145 g/mol. The first-order valence-electron chi connectivity index (χ1n) is 2.59. The number of carbonyl (C=O) groups is 1. The van der Waals surface area contributed by atoms with Gasteiger partial charge in [0.05, 0.1) is 5.03 Å². The van der Waals surface area contributed by atoms with Crippen molar-refractivity contribution in [1.29, 1.82) is 0 Å². The summed E-state index contributed by atoms with van der Waals surface area (Å²) in [5.74, 6) is -0.211. The van der Waals surface area contributed by atoms with Crippen LogP contribution in [0.4, 0.5) is 0 Å². The molecule has 0 unspecified atom stereocenters. The molecule has 0 aromatic carbocycles. The van der Waals surface area contributed by atoms with E-state index in [0.717, 1.165) is 5.57 Å². The molecule has 0 aliphatic rings. The van der Waals surface area contributed by atoms with Gasteiger partial charge in [0.1, 0.15) is 0 Å². The second-order valence-electron chi connectivity index (χ2n) is 1.88. The van der Waals surface area contributed by atoms with Crippen LogP contribution >= 0.6 is 11.6 Å². The quantitative estimate of drug-likeness (QED) is 0.544. The maximum atomic E-state index is 10.6. The zero-order chi connectivity index (χ0) is 7.44. The van der Waals surface area contributed by atoms with E-state index in [1.54, 1.807) is 13.8 Å². The molecule has 0 bridgehead atoms. The van der Waals surface area contributed by atoms with Crippen LogP contribution in [0.2, 0.25) is 0 Å². The molecule has 0 fully saturated rings. The molecule has 1 nitrogen and oxygen atoms in total. The second-order valence-corrected chi connectivity index (χ2v) is 2.26. The van der Waals surface area contributed by atoms with Gasteiger partial charge < -0.3 is 0 Å². The van der Waals surface area contributed by atoms with E-state index < -0.39 is 0 Å². The van der Waals surface area contributed by atoms with E-state index in [4.69, 9.17) is 11.6 Å². The van der Waals surface area contributed by atoms with Gasteiger partial charge in [-0.25, -0.2) is 0 Å². The molecule has 0 rings (SSSR count). The number of allylic oxidation sites excluding steroid dienone is 3. The van der Waals surface area contributed by atoms with Crippen LogP contribution in [0.5, 0.6) is 0 Å². The van der Waals surface area contributed by atoms with Gasteiger partial charge in [-0.05, 0) is 19.9 Å². The first kappa shape index (κ1) is 8.44. The minimum Gasteiger partial charge on any atom is -0.288 e. The minimum absolute atomic E-state index is 0.211. The van der Waals surface area contributed by atoms with Gasteiger partial charge in [0.2, 0.25) is 0 Å². The Labute approximate surface area is 60.0 Å². The smallest absolute Gasteiger partial charge is 0.196 e. The Morgan fingerprint density at radius 1 is 1.56 bits per heavy atom. The molecule has 9 heavy (non-hydrogen) atoms. The van der Waals surface area contributed by atoms with Crippen LogP contribution in [0.15, 0.2) is 23.3 Å². The number of carbonyl (C=O) groups excluding carboxylic acids is 1. The third kappa shape index (κ3) is 2.47. The molecule has 0 aromatic rings. The molecular weight excluding hydrogens is 136 g/mol. The van der Waals surface area contributed by atoms with Crippen LogP contribution in [0, 0.1) is 0 Å². The fraction of sp³-hybridized carbons (Fsp3) is 0.286. The first-order valence-corrected chi connectivity index (χ1v) is 2.97. The summed E-state index contributed by atoms with van der Waals surface area (Å²) >= 11 is 5.53. The van der Waals surface area contributed by atoms with Crippen molar-refractivity contribution in [2.45, 2.75) is 13.8 Å². The maximum Gasteiger partial charge on any atom is 0.196 e. The Kier molecular flexibility index (Phi) is 3.25. The van der Waals surface area contributed by atoms with Crippen molar-refractivity contribution >= 4 is 17.4 Å². The Morgan fingerprint density at radius 2 is 2.00 bits per heavy atom. The Balaban J connectivity index is 4.39. The fourth-order valence-corrected chi connectivity index (χ4v) is 0.413. The van der Waals surface area contributed by atoms with Gasteiger partial charge >= 0.3 is 0 Å². The highest BCUT2D eigenvalue weighted by Gasteiger charge is 2.01. The summed E-state index contributed by atoms with van der Waals surface area (Å²) in [6, 6.07) is 0.